The molecule has 0 saturated carbocycles. The molecule has 1 N–H and O–H groups in total. The molecule has 1 amide bonds. The van der Waals surface area contributed by atoms with Gasteiger partial charge in [-0.2, -0.15) is 9.78 Å². The van der Waals surface area contributed by atoms with Crippen LogP contribution in [0.5, 0.6) is 0 Å². The van der Waals surface area contributed by atoms with Crippen molar-refractivity contribution in [1.29, 1.82) is 0 Å². The van der Waals surface area contributed by atoms with E-state index in [2.05, 4.69) is 5.10 Å². The molecule has 1 saturated heterocycles. The molecule has 25 heavy (non-hydrogen) atoms. The summed E-state index contributed by atoms with van der Waals surface area (Å²) in [5, 5.41) is 13.3. The van der Waals surface area contributed by atoms with E-state index in [1.807, 2.05) is 0 Å². The van der Waals surface area contributed by atoms with Crippen molar-refractivity contribution in [3.05, 3.63) is 58.3 Å². The first-order chi connectivity index (χ1) is 12.0. The average molecular weight is 345 g/mol. The molecule has 1 aliphatic rings. The Morgan fingerprint density at radius 1 is 1.16 bits per heavy atom. The number of nitrogens with zero attached hydrogens (tertiary/aromatic N) is 3. The molecule has 3 rings (SSSR count). The Kier molecular flexibility index (Phi) is 4.60. The second kappa shape index (κ2) is 6.84. The number of carboxylic acids is 1. The molecule has 1 aliphatic heterocycles. The fourth-order valence-electron chi connectivity index (χ4n) is 2.90. The summed E-state index contributed by atoms with van der Waals surface area (Å²) in [4.78, 5) is 37.3. The second-order valence-electron chi connectivity index (χ2n) is 5.77. The van der Waals surface area contributed by atoms with Crippen LogP contribution in [0.25, 0.3) is 5.69 Å². The minimum absolute atomic E-state index is 0.0735. The fourth-order valence-corrected chi connectivity index (χ4v) is 2.90. The number of rotatable bonds is 3. The van der Waals surface area contributed by atoms with Crippen molar-refractivity contribution >= 4 is 11.9 Å². The molecule has 1 aromatic heterocycles. The minimum Gasteiger partial charge on any atom is -0.480 e. The molecule has 0 bridgehead atoms. The number of hydrogen-bond acceptors (Lipinski definition) is 4. The third-order valence-corrected chi connectivity index (χ3v) is 4.15. The highest BCUT2D eigenvalue weighted by molar-refractivity contribution is 5.95. The molecule has 130 valence electrons. The quantitative estimate of drug-likeness (QED) is 0.909. The number of aliphatic carboxylic acids is 1. The Labute approximate surface area is 142 Å². The molecule has 1 fully saturated rings. The summed E-state index contributed by atoms with van der Waals surface area (Å²) in [5.74, 6) is -2.31. The van der Waals surface area contributed by atoms with Crippen molar-refractivity contribution in [2.45, 2.75) is 25.3 Å². The molecule has 7 nitrogen and oxygen atoms in total. The van der Waals surface area contributed by atoms with Crippen LogP contribution in [0.4, 0.5) is 4.39 Å². The van der Waals surface area contributed by atoms with Gasteiger partial charge in [0, 0.05) is 12.6 Å². The first-order valence-electron chi connectivity index (χ1n) is 7.88. The lowest BCUT2D eigenvalue weighted by atomic mass is 10.0. The van der Waals surface area contributed by atoms with Crippen LogP contribution >= 0.6 is 0 Å². The van der Waals surface area contributed by atoms with Crippen LogP contribution < -0.4 is 5.56 Å². The average Bonchev–Trinajstić information content (AvgIpc) is 2.62. The standard InChI is InChI=1S/C17H16FN3O4/c18-11-5-1-2-6-13(11)21-15(22)9-8-12(19-21)16(23)20-10-4-3-7-14(20)17(24)25/h1-2,5-6,8-9,14H,3-4,7,10H2,(H,24,25)/t14-/m1/s1. The van der Waals surface area contributed by atoms with Gasteiger partial charge in [-0.3, -0.25) is 9.59 Å². The van der Waals surface area contributed by atoms with Crippen LogP contribution in [0.2, 0.25) is 0 Å². The van der Waals surface area contributed by atoms with Crippen molar-refractivity contribution in [2.24, 2.45) is 0 Å². The second-order valence-corrected chi connectivity index (χ2v) is 5.77. The minimum atomic E-state index is -1.07. The predicted molar refractivity (Wildman–Crippen MR) is 86.1 cm³/mol. The summed E-state index contributed by atoms with van der Waals surface area (Å²) >= 11 is 0. The smallest absolute Gasteiger partial charge is 0.326 e. The summed E-state index contributed by atoms with van der Waals surface area (Å²) in [6.07, 6.45) is 1.79. The number of carbonyl (C=O) groups excluding carboxylic acids is 1. The van der Waals surface area contributed by atoms with Crippen molar-refractivity contribution in [1.82, 2.24) is 14.7 Å². The highest BCUT2D eigenvalue weighted by atomic mass is 19.1. The number of para-hydroxylation sites is 1. The molecule has 8 heteroatoms. The number of piperidine rings is 1. The molecule has 2 heterocycles. The zero-order chi connectivity index (χ0) is 18.0. The lowest BCUT2D eigenvalue weighted by Gasteiger charge is -2.32. The van der Waals surface area contributed by atoms with Gasteiger partial charge < -0.3 is 10.0 Å². The molecule has 1 atom stereocenters. The van der Waals surface area contributed by atoms with Gasteiger partial charge in [-0.15, -0.1) is 0 Å². The number of likely N-dealkylation sites (tertiary alicyclic amines) is 1. The van der Waals surface area contributed by atoms with Crippen molar-refractivity contribution < 1.29 is 19.1 Å². The Bertz CT molecular complexity index is 880. The molecule has 0 spiro atoms. The monoisotopic (exact) mass is 345 g/mol. The topological polar surface area (TPSA) is 92.5 Å². The van der Waals surface area contributed by atoms with E-state index in [4.69, 9.17) is 0 Å². The normalized spacial score (nSPS) is 17.3. The van der Waals surface area contributed by atoms with Gasteiger partial charge >= 0.3 is 5.97 Å². The third kappa shape index (κ3) is 3.28. The highest BCUT2D eigenvalue weighted by Crippen LogP contribution is 2.19. The van der Waals surface area contributed by atoms with Crippen LogP contribution in [0.15, 0.2) is 41.2 Å². The zero-order valence-corrected chi connectivity index (χ0v) is 13.3. The number of halogens is 1. The SMILES string of the molecule is O=C(O)[C@H]1CCCCN1C(=O)c1ccc(=O)n(-c2ccccc2F)n1. The summed E-state index contributed by atoms with van der Waals surface area (Å²) in [5.41, 5.74) is -0.762. The maximum absolute atomic E-state index is 13.9. The van der Waals surface area contributed by atoms with E-state index in [0.717, 1.165) is 17.2 Å². The Morgan fingerprint density at radius 2 is 1.92 bits per heavy atom. The first-order valence-corrected chi connectivity index (χ1v) is 7.88. The molecule has 0 aliphatic carbocycles. The van der Waals surface area contributed by atoms with Gasteiger partial charge in [0.2, 0.25) is 0 Å². The molecule has 0 unspecified atom stereocenters. The molecule has 0 radical (unpaired) electrons. The maximum atomic E-state index is 13.9. The third-order valence-electron chi connectivity index (χ3n) is 4.15. The van der Waals surface area contributed by atoms with Crippen molar-refractivity contribution in [3.63, 3.8) is 0 Å². The molecular formula is C17H16FN3O4. The molecule has 2 aromatic rings. The Morgan fingerprint density at radius 3 is 2.64 bits per heavy atom. The van der Waals surface area contributed by atoms with Gasteiger partial charge in [0.25, 0.3) is 11.5 Å². The van der Waals surface area contributed by atoms with E-state index >= 15 is 0 Å². The van der Waals surface area contributed by atoms with E-state index in [-0.39, 0.29) is 11.4 Å². The largest absolute Gasteiger partial charge is 0.480 e. The van der Waals surface area contributed by atoms with E-state index in [0.29, 0.717) is 19.4 Å². The van der Waals surface area contributed by atoms with Gasteiger partial charge in [-0.1, -0.05) is 12.1 Å². The summed E-state index contributed by atoms with van der Waals surface area (Å²) in [7, 11) is 0. The van der Waals surface area contributed by atoms with Gasteiger partial charge in [0.1, 0.15) is 23.2 Å². The lowest BCUT2D eigenvalue weighted by molar-refractivity contribution is -0.143. The van der Waals surface area contributed by atoms with Crippen LogP contribution in [0, 0.1) is 5.82 Å². The number of carboxylic acid groups (broad SMARTS) is 1. The van der Waals surface area contributed by atoms with Crippen LogP contribution in [-0.2, 0) is 4.79 Å². The van der Waals surface area contributed by atoms with Crippen molar-refractivity contribution in [3.8, 4) is 5.69 Å². The number of amides is 1. The Hall–Kier alpha value is -3.03. The van der Waals surface area contributed by atoms with Gasteiger partial charge in [0.05, 0.1) is 0 Å². The van der Waals surface area contributed by atoms with Crippen LogP contribution in [0.1, 0.15) is 29.8 Å². The highest BCUT2D eigenvalue weighted by Gasteiger charge is 2.33. The molecular weight excluding hydrogens is 329 g/mol. The number of hydrogen-bond donors (Lipinski definition) is 1. The van der Waals surface area contributed by atoms with E-state index in [9.17, 15) is 23.9 Å². The summed E-state index contributed by atoms with van der Waals surface area (Å²) in [6.45, 7) is 0.302. The van der Waals surface area contributed by atoms with E-state index in [1.165, 1.54) is 29.2 Å². The van der Waals surface area contributed by atoms with Gasteiger partial charge in [-0.25, -0.2) is 9.18 Å². The Balaban J connectivity index is 1.99. The predicted octanol–water partition coefficient (Wildman–Crippen LogP) is 1.45. The van der Waals surface area contributed by atoms with Gasteiger partial charge in [-0.05, 0) is 37.5 Å². The van der Waals surface area contributed by atoms with Crippen molar-refractivity contribution in [2.75, 3.05) is 6.54 Å². The zero-order valence-electron chi connectivity index (χ0n) is 13.3. The molecule has 1 aromatic carbocycles. The summed E-state index contributed by atoms with van der Waals surface area (Å²) < 4.78 is 14.7. The number of benzene rings is 1. The number of aromatic nitrogens is 2. The van der Waals surface area contributed by atoms with Gasteiger partial charge in [0.15, 0.2) is 0 Å². The maximum Gasteiger partial charge on any atom is 0.326 e. The van der Waals surface area contributed by atoms with E-state index < -0.39 is 29.3 Å². The van der Waals surface area contributed by atoms with E-state index in [1.54, 1.807) is 6.07 Å². The lowest BCUT2D eigenvalue weighted by Crippen LogP contribution is -2.48. The summed E-state index contributed by atoms with van der Waals surface area (Å²) in [6, 6.07) is 7.01. The fraction of sp³-hybridized carbons (Fsp3) is 0.294. The number of carbonyl (C=O) groups is 2. The van der Waals surface area contributed by atoms with Crippen LogP contribution in [-0.4, -0.2) is 44.3 Å². The first kappa shape index (κ1) is 16.8. The van der Waals surface area contributed by atoms with Crippen LogP contribution in [0.3, 0.4) is 0 Å².